The molecule has 4 aliphatic rings. The first kappa shape index (κ1) is 33.9. The van der Waals surface area contributed by atoms with Crippen molar-refractivity contribution in [2.75, 3.05) is 7.11 Å². The van der Waals surface area contributed by atoms with Gasteiger partial charge >= 0.3 is 17.9 Å². The van der Waals surface area contributed by atoms with Crippen molar-refractivity contribution in [2.24, 2.45) is 28.1 Å². The molecule has 10 heteroatoms. The highest BCUT2D eigenvalue weighted by atomic mass is 16.6. The Morgan fingerprint density at radius 1 is 1.06 bits per heavy atom. The number of hydrogen-bond donors (Lipinski definition) is 1. The van der Waals surface area contributed by atoms with Crippen molar-refractivity contribution in [2.45, 2.75) is 90.3 Å². The van der Waals surface area contributed by atoms with Gasteiger partial charge in [0.1, 0.15) is 24.6 Å². The molecule has 1 aliphatic heterocycles. The molecule has 0 amide bonds. The number of fused-ring (bicyclic) bond motifs is 4. The van der Waals surface area contributed by atoms with Gasteiger partial charge in [0.05, 0.1) is 37.3 Å². The highest BCUT2D eigenvalue weighted by molar-refractivity contribution is 5.87. The number of aliphatic hydroxyl groups is 1. The lowest BCUT2D eigenvalue weighted by Gasteiger charge is -2.66. The number of aldehydes is 1. The maximum atomic E-state index is 13.5. The zero-order chi connectivity index (χ0) is 34.6. The Hall–Kier alpha value is -4.02. The standard InChI is InChI=1S/C38H44O10/c1-21-25(24-14-15-45-19-24)16-26-32(21)38(5)27(17-31(43)44-6)37(4)29(48-30(42)13-12-23-10-8-7-9-11-23)18-28(41)36(3,20-39)34(37)33(35(38)47-26)46-22(2)40/h7-15,19-20,25-29,33-35,41H,16-18H2,1-6H3/b13-12+/t25-,26-,27-,28-,29+,33-,34+,35-,36-,37+,38-/m1/s1. The molecule has 3 fully saturated rings. The molecular weight excluding hydrogens is 616 g/mol. The minimum absolute atomic E-state index is 0.00294. The highest BCUT2D eigenvalue weighted by Gasteiger charge is 2.76. The molecule has 6 rings (SSSR count). The number of carbonyl (C=O) groups excluding carboxylic acids is 4. The van der Waals surface area contributed by atoms with Crippen LogP contribution in [-0.4, -0.2) is 66.9 Å². The van der Waals surface area contributed by atoms with Gasteiger partial charge in [0.25, 0.3) is 0 Å². The summed E-state index contributed by atoms with van der Waals surface area (Å²) in [6.07, 6.45) is 3.09. The van der Waals surface area contributed by atoms with E-state index in [1.54, 1.807) is 25.5 Å². The van der Waals surface area contributed by atoms with Crippen molar-refractivity contribution in [3.63, 3.8) is 0 Å². The molecular formula is C38H44O10. The van der Waals surface area contributed by atoms with Crippen LogP contribution in [0.3, 0.4) is 0 Å². The molecule has 0 spiro atoms. The van der Waals surface area contributed by atoms with Gasteiger partial charge < -0.3 is 33.3 Å². The van der Waals surface area contributed by atoms with Crippen LogP contribution in [-0.2, 0) is 38.1 Å². The van der Waals surface area contributed by atoms with Gasteiger partial charge in [0.2, 0.25) is 0 Å². The Balaban J connectivity index is 1.54. The SMILES string of the molecule is COC(=O)C[C@H]1[C@]2(C)C3=C(C)[C@H](c4ccoc4)C[C@H]3O[C@@H]2[C@H](OC(C)=O)[C@H]2[C@](C)(C=O)[C@H](O)C[C@H](OC(=O)/C=C/c3ccccc3)[C@@]21C. The van der Waals surface area contributed by atoms with Crippen molar-refractivity contribution in [1.29, 1.82) is 0 Å². The highest BCUT2D eigenvalue weighted by Crippen LogP contribution is 2.72. The van der Waals surface area contributed by atoms with E-state index in [0.29, 0.717) is 12.7 Å². The average Bonchev–Trinajstić information content (AvgIpc) is 3.77. The van der Waals surface area contributed by atoms with Crippen LogP contribution in [0.25, 0.3) is 6.08 Å². The summed E-state index contributed by atoms with van der Waals surface area (Å²) >= 11 is 0. The summed E-state index contributed by atoms with van der Waals surface area (Å²) in [6.45, 7) is 8.91. The molecule has 1 N–H and O–H groups in total. The lowest BCUT2D eigenvalue weighted by Crippen LogP contribution is -2.73. The first-order chi connectivity index (χ1) is 22.8. The second-order valence-electron chi connectivity index (χ2n) is 14.4. The van der Waals surface area contributed by atoms with Crippen LogP contribution < -0.4 is 0 Å². The zero-order valence-electron chi connectivity index (χ0n) is 28.2. The zero-order valence-corrected chi connectivity index (χ0v) is 28.2. The molecule has 0 bridgehead atoms. The number of carbonyl (C=O) groups is 4. The largest absolute Gasteiger partial charge is 0.472 e. The second-order valence-corrected chi connectivity index (χ2v) is 14.4. The Bertz CT molecular complexity index is 1630. The van der Waals surface area contributed by atoms with E-state index in [1.165, 1.54) is 20.1 Å². The van der Waals surface area contributed by atoms with Gasteiger partial charge in [0.15, 0.2) is 0 Å². The number of ether oxygens (including phenoxy) is 4. The van der Waals surface area contributed by atoms with E-state index in [2.05, 4.69) is 6.92 Å². The third-order valence-corrected chi connectivity index (χ3v) is 12.1. The maximum Gasteiger partial charge on any atom is 0.331 e. The third-order valence-electron chi connectivity index (χ3n) is 12.1. The first-order valence-corrected chi connectivity index (χ1v) is 16.5. The number of allylic oxidation sites excluding steroid dienone is 1. The maximum absolute atomic E-state index is 13.5. The molecule has 1 saturated heterocycles. The normalized spacial score (nSPS) is 38.6. The van der Waals surface area contributed by atoms with E-state index in [0.717, 1.165) is 22.3 Å². The number of esters is 3. The van der Waals surface area contributed by atoms with Gasteiger partial charge in [0, 0.05) is 48.5 Å². The Labute approximate surface area is 280 Å². The fourth-order valence-corrected chi connectivity index (χ4v) is 9.98. The molecule has 0 unspecified atom stereocenters. The second kappa shape index (κ2) is 12.5. The van der Waals surface area contributed by atoms with Crippen LogP contribution >= 0.6 is 0 Å². The number of methoxy groups -OCH3 is 1. The molecule has 1 aromatic carbocycles. The summed E-state index contributed by atoms with van der Waals surface area (Å²) in [4.78, 5) is 52.9. The fourth-order valence-electron chi connectivity index (χ4n) is 9.98. The van der Waals surface area contributed by atoms with Gasteiger partial charge in [-0.15, -0.1) is 0 Å². The van der Waals surface area contributed by atoms with Crippen LogP contribution in [0.2, 0.25) is 0 Å². The molecule has 2 aromatic rings. The lowest BCUT2D eigenvalue weighted by atomic mass is 9.39. The van der Waals surface area contributed by atoms with Crippen molar-refractivity contribution < 1.29 is 47.6 Å². The minimum Gasteiger partial charge on any atom is -0.472 e. The van der Waals surface area contributed by atoms with Crippen molar-refractivity contribution in [1.82, 2.24) is 0 Å². The van der Waals surface area contributed by atoms with Crippen molar-refractivity contribution in [3.05, 3.63) is 77.3 Å². The van der Waals surface area contributed by atoms with E-state index >= 15 is 0 Å². The lowest BCUT2D eigenvalue weighted by molar-refractivity contribution is -0.279. The number of aliphatic hydroxyl groups excluding tert-OH is 1. The fraction of sp³-hybridized carbons (Fsp3) is 0.526. The summed E-state index contributed by atoms with van der Waals surface area (Å²) in [5.41, 5.74) is 0.304. The number of rotatable bonds is 8. The first-order valence-electron chi connectivity index (χ1n) is 16.5. The van der Waals surface area contributed by atoms with Gasteiger partial charge in [-0.25, -0.2) is 4.79 Å². The van der Waals surface area contributed by atoms with Gasteiger partial charge in [-0.3, -0.25) is 9.59 Å². The average molecular weight is 661 g/mol. The van der Waals surface area contributed by atoms with Crippen LogP contribution in [0.4, 0.5) is 0 Å². The van der Waals surface area contributed by atoms with Gasteiger partial charge in [-0.05, 0) is 55.0 Å². The van der Waals surface area contributed by atoms with E-state index in [9.17, 15) is 24.3 Å². The molecule has 3 aliphatic carbocycles. The molecule has 256 valence electrons. The van der Waals surface area contributed by atoms with E-state index in [4.69, 9.17) is 23.4 Å². The molecule has 11 atom stereocenters. The monoisotopic (exact) mass is 660 g/mol. The number of hydrogen-bond acceptors (Lipinski definition) is 10. The predicted octanol–water partition coefficient (Wildman–Crippen LogP) is 5.20. The predicted molar refractivity (Wildman–Crippen MR) is 173 cm³/mol. The summed E-state index contributed by atoms with van der Waals surface area (Å²) in [7, 11) is 1.32. The summed E-state index contributed by atoms with van der Waals surface area (Å²) < 4.78 is 29.9. The van der Waals surface area contributed by atoms with Crippen LogP contribution in [0.1, 0.15) is 70.9 Å². The van der Waals surface area contributed by atoms with E-state index < -0.39 is 70.4 Å². The van der Waals surface area contributed by atoms with E-state index in [-0.39, 0.29) is 24.9 Å². The van der Waals surface area contributed by atoms with E-state index in [1.807, 2.05) is 50.2 Å². The molecule has 48 heavy (non-hydrogen) atoms. The van der Waals surface area contributed by atoms with Crippen LogP contribution in [0, 0.1) is 28.1 Å². The minimum atomic E-state index is -1.45. The Kier molecular flexibility index (Phi) is 8.79. The summed E-state index contributed by atoms with van der Waals surface area (Å²) in [5.74, 6) is -3.22. The van der Waals surface area contributed by atoms with Crippen molar-refractivity contribution >= 4 is 30.3 Å². The molecule has 10 nitrogen and oxygen atoms in total. The molecule has 1 aromatic heterocycles. The number of furan rings is 1. The Morgan fingerprint density at radius 3 is 2.42 bits per heavy atom. The van der Waals surface area contributed by atoms with Crippen molar-refractivity contribution in [3.8, 4) is 0 Å². The summed E-state index contributed by atoms with van der Waals surface area (Å²) in [6, 6.07) is 11.2. The molecule has 0 radical (unpaired) electrons. The van der Waals surface area contributed by atoms with Crippen LogP contribution in [0.15, 0.2) is 70.6 Å². The molecule has 2 heterocycles. The quantitative estimate of drug-likeness (QED) is 0.132. The topological polar surface area (TPSA) is 139 Å². The number of benzene rings is 1. The van der Waals surface area contributed by atoms with Gasteiger partial charge in [-0.1, -0.05) is 49.8 Å². The molecule has 2 saturated carbocycles. The summed E-state index contributed by atoms with van der Waals surface area (Å²) in [5, 5.41) is 11.7. The Morgan fingerprint density at radius 2 is 1.79 bits per heavy atom. The van der Waals surface area contributed by atoms with Gasteiger partial charge in [-0.2, -0.15) is 0 Å². The third kappa shape index (κ3) is 5.15. The van der Waals surface area contributed by atoms with Crippen LogP contribution in [0.5, 0.6) is 0 Å². The smallest absolute Gasteiger partial charge is 0.331 e.